The summed E-state index contributed by atoms with van der Waals surface area (Å²) < 4.78 is 2.07. The van der Waals surface area contributed by atoms with Crippen molar-refractivity contribution in [1.29, 1.82) is 0 Å². The van der Waals surface area contributed by atoms with Crippen LogP contribution in [0.15, 0.2) is 24.7 Å². The minimum atomic E-state index is 1.07. The fourth-order valence-corrected chi connectivity index (χ4v) is 2.23. The van der Waals surface area contributed by atoms with E-state index in [1.807, 2.05) is 6.33 Å². The molecule has 1 fully saturated rings. The van der Waals surface area contributed by atoms with E-state index in [0.717, 1.165) is 31.9 Å². The molecule has 3 heterocycles. The minimum Gasteiger partial charge on any atom is -0.369 e. The zero-order valence-electron chi connectivity index (χ0n) is 9.48. The number of nitrogens with one attached hydrogen (secondary N) is 1. The molecule has 16 heavy (non-hydrogen) atoms. The van der Waals surface area contributed by atoms with Crippen LogP contribution in [0.4, 0.5) is 5.69 Å². The molecule has 1 N–H and O–H groups in total. The number of imidazole rings is 1. The second kappa shape index (κ2) is 3.79. The van der Waals surface area contributed by atoms with E-state index in [9.17, 15) is 0 Å². The van der Waals surface area contributed by atoms with Gasteiger partial charge in [0.1, 0.15) is 0 Å². The second-order valence-corrected chi connectivity index (χ2v) is 4.24. The van der Waals surface area contributed by atoms with Gasteiger partial charge in [0.05, 0.1) is 17.5 Å². The summed E-state index contributed by atoms with van der Waals surface area (Å²) in [6.07, 6.45) is 3.96. The van der Waals surface area contributed by atoms with Crippen LogP contribution in [-0.2, 0) is 0 Å². The number of hydrogen-bond acceptors (Lipinski definition) is 3. The topological polar surface area (TPSA) is 32.6 Å². The van der Waals surface area contributed by atoms with Gasteiger partial charge >= 0.3 is 0 Å². The van der Waals surface area contributed by atoms with E-state index in [4.69, 9.17) is 0 Å². The molecular formula is C12H16N4. The van der Waals surface area contributed by atoms with Crippen molar-refractivity contribution in [3.05, 3.63) is 30.4 Å². The van der Waals surface area contributed by atoms with Crippen LogP contribution in [0, 0.1) is 6.92 Å². The third-order valence-corrected chi connectivity index (χ3v) is 3.20. The molecule has 0 aliphatic carbocycles. The Labute approximate surface area is 94.9 Å². The van der Waals surface area contributed by atoms with Crippen LogP contribution in [0.3, 0.4) is 0 Å². The number of pyridine rings is 1. The molecule has 4 nitrogen and oxygen atoms in total. The molecule has 84 valence electrons. The van der Waals surface area contributed by atoms with Crippen LogP contribution < -0.4 is 10.2 Å². The van der Waals surface area contributed by atoms with Gasteiger partial charge in [-0.1, -0.05) is 0 Å². The predicted molar refractivity (Wildman–Crippen MR) is 65.0 cm³/mol. The molecule has 0 bridgehead atoms. The van der Waals surface area contributed by atoms with Gasteiger partial charge in [0.15, 0.2) is 0 Å². The van der Waals surface area contributed by atoms with Crippen molar-refractivity contribution in [3.8, 4) is 0 Å². The standard InChI is InChI=1S/C12H16N4/c1-10-12-8-11(2-5-16(12)9-14-10)15-6-3-13-4-7-15/h2,5,8-9,13H,3-4,6-7H2,1H3. The number of nitrogens with zero attached hydrogens (tertiary/aromatic N) is 3. The smallest absolute Gasteiger partial charge is 0.0995 e. The molecule has 1 aliphatic heterocycles. The predicted octanol–water partition coefficient (Wildman–Crippen LogP) is 1.05. The van der Waals surface area contributed by atoms with E-state index >= 15 is 0 Å². The quantitative estimate of drug-likeness (QED) is 0.773. The minimum absolute atomic E-state index is 1.07. The highest BCUT2D eigenvalue weighted by Crippen LogP contribution is 2.19. The fourth-order valence-electron chi connectivity index (χ4n) is 2.23. The molecule has 0 unspecified atom stereocenters. The van der Waals surface area contributed by atoms with Crippen LogP contribution >= 0.6 is 0 Å². The van der Waals surface area contributed by atoms with E-state index in [1.54, 1.807) is 0 Å². The lowest BCUT2D eigenvalue weighted by Gasteiger charge is -2.29. The Hall–Kier alpha value is -1.55. The monoisotopic (exact) mass is 216 g/mol. The Kier molecular flexibility index (Phi) is 2.29. The van der Waals surface area contributed by atoms with Gasteiger partial charge in [0.25, 0.3) is 0 Å². The van der Waals surface area contributed by atoms with Gasteiger partial charge in [-0.05, 0) is 19.1 Å². The van der Waals surface area contributed by atoms with Crippen LogP contribution in [-0.4, -0.2) is 35.6 Å². The molecule has 0 radical (unpaired) electrons. The van der Waals surface area contributed by atoms with E-state index in [1.165, 1.54) is 11.2 Å². The van der Waals surface area contributed by atoms with Crippen molar-refractivity contribution in [2.45, 2.75) is 6.92 Å². The maximum Gasteiger partial charge on any atom is 0.0995 e. The molecule has 2 aromatic rings. The summed E-state index contributed by atoms with van der Waals surface area (Å²) in [5.41, 5.74) is 3.60. The summed E-state index contributed by atoms with van der Waals surface area (Å²) in [6, 6.07) is 4.40. The van der Waals surface area contributed by atoms with Gasteiger partial charge < -0.3 is 14.6 Å². The number of fused-ring (bicyclic) bond motifs is 1. The third-order valence-electron chi connectivity index (χ3n) is 3.20. The molecular weight excluding hydrogens is 200 g/mol. The SMILES string of the molecule is Cc1ncn2ccc(N3CCNCC3)cc12. The Morgan fingerprint density at radius 2 is 2.12 bits per heavy atom. The van der Waals surface area contributed by atoms with Crippen molar-refractivity contribution < 1.29 is 0 Å². The summed E-state index contributed by atoms with van der Waals surface area (Å²) in [5.74, 6) is 0. The number of hydrogen-bond donors (Lipinski definition) is 1. The molecule has 4 heteroatoms. The fraction of sp³-hybridized carbons (Fsp3) is 0.417. The van der Waals surface area contributed by atoms with Crippen molar-refractivity contribution in [3.63, 3.8) is 0 Å². The lowest BCUT2D eigenvalue weighted by Crippen LogP contribution is -2.43. The second-order valence-electron chi connectivity index (χ2n) is 4.24. The van der Waals surface area contributed by atoms with Gasteiger partial charge in [-0.3, -0.25) is 0 Å². The summed E-state index contributed by atoms with van der Waals surface area (Å²) >= 11 is 0. The maximum absolute atomic E-state index is 4.31. The van der Waals surface area contributed by atoms with Gasteiger partial charge in [-0.15, -0.1) is 0 Å². The van der Waals surface area contributed by atoms with E-state index in [0.29, 0.717) is 0 Å². The molecule has 2 aromatic heterocycles. The first-order valence-corrected chi connectivity index (χ1v) is 5.73. The first-order chi connectivity index (χ1) is 7.84. The lowest BCUT2D eigenvalue weighted by atomic mass is 10.2. The van der Waals surface area contributed by atoms with Gasteiger partial charge in [0.2, 0.25) is 0 Å². The number of aromatic nitrogens is 2. The summed E-state index contributed by atoms with van der Waals surface area (Å²) in [4.78, 5) is 6.73. The normalized spacial score (nSPS) is 16.9. The number of anilines is 1. The molecule has 0 amide bonds. The Balaban J connectivity index is 1.99. The van der Waals surface area contributed by atoms with Crippen molar-refractivity contribution in [1.82, 2.24) is 14.7 Å². The van der Waals surface area contributed by atoms with E-state index in [-0.39, 0.29) is 0 Å². The maximum atomic E-state index is 4.31. The Morgan fingerprint density at radius 3 is 2.94 bits per heavy atom. The van der Waals surface area contributed by atoms with E-state index in [2.05, 4.69) is 44.9 Å². The molecule has 0 aromatic carbocycles. The highest BCUT2D eigenvalue weighted by atomic mass is 15.2. The first-order valence-electron chi connectivity index (χ1n) is 5.73. The van der Waals surface area contributed by atoms with Crippen LogP contribution in [0.2, 0.25) is 0 Å². The number of piperazine rings is 1. The summed E-state index contributed by atoms with van der Waals surface area (Å²) in [6.45, 7) is 6.37. The van der Waals surface area contributed by atoms with Gasteiger partial charge in [-0.2, -0.15) is 0 Å². The average molecular weight is 216 g/mol. The van der Waals surface area contributed by atoms with Crippen LogP contribution in [0.5, 0.6) is 0 Å². The van der Waals surface area contributed by atoms with Gasteiger partial charge in [-0.25, -0.2) is 4.98 Å². The number of rotatable bonds is 1. The summed E-state index contributed by atoms with van der Waals surface area (Å²) in [7, 11) is 0. The first kappa shape index (κ1) is 9.66. The molecule has 1 aliphatic rings. The zero-order valence-corrected chi connectivity index (χ0v) is 9.48. The number of aryl methyl sites for hydroxylation is 1. The van der Waals surface area contributed by atoms with Crippen LogP contribution in [0.25, 0.3) is 5.52 Å². The highest BCUT2D eigenvalue weighted by molar-refractivity contribution is 5.62. The van der Waals surface area contributed by atoms with E-state index < -0.39 is 0 Å². The molecule has 1 saturated heterocycles. The van der Waals surface area contributed by atoms with Crippen molar-refractivity contribution >= 4 is 11.2 Å². The molecule has 0 atom stereocenters. The third kappa shape index (κ3) is 1.55. The Bertz CT molecular complexity index is 497. The molecule has 0 spiro atoms. The Morgan fingerprint density at radius 1 is 1.31 bits per heavy atom. The van der Waals surface area contributed by atoms with Crippen LogP contribution in [0.1, 0.15) is 5.69 Å². The largest absolute Gasteiger partial charge is 0.369 e. The zero-order chi connectivity index (χ0) is 11.0. The van der Waals surface area contributed by atoms with Gasteiger partial charge in [0, 0.05) is 38.1 Å². The average Bonchev–Trinajstić information content (AvgIpc) is 2.72. The van der Waals surface area contributed by atoms with Crippen molar-refractivity contribution in [2.75, 3.05) is 31.1 Å². The lowest BCUT2D eigenvalue weighted by molar-refractivity contribution is 0.589. The highest BCUT2D eigenvalue weighted by Gasteiger charge is 2.11. The van der Waals surface area contributed by atoms with Crippen molar-refractivity contribution in [2.24, 2.45) is 0 Å². The molecule has 0 saturated carbocycles. The summed E-state index contributed by atoms with van der Waals surface area (Å²) in [5, 5.41) is 3.37. The molecule has 3 rings (SSSR count).